The van der Waals surface area contributed by atoms with Crippen LogP contribution in [0.5, 0.6) is 0 Å². The van der Waals surface area contributed by atoms with Crippen molar-refractivity contribution in [3.8, 4) is 0 Å². The Balaban J connectivity index is 2.05. The first kappa shape index (κ1) is 20.7. The fourth-order valence-corrected chi connectivity index (χ4v) is 8.90. The van der Waals surface area contributed by atoms with E-state index in [1.165, 1.54) is 0 Å². The Kier molecular flexibility index (Phi) is 5.47. The van der Waals surface area contributed by atoms with Crippen molar-refractivity contribution in [1.82, 2.24) is 0 Å². The summed E-state index contributed by atoms with van der Waals surface area (Å²) in [5.41, 5.74) is -1.99. The molecule has 1 fully saturated rings. The molecule has 3 rings (SSSR count). The third-order valence-corrected chi connectivity index (χ3v) is 10.9. The summed E-state index contributed by atoms with van der Waals surface area (Å²) in [5.74, 6) is -1.44. The minimum atomic E-state index is -2.90. The molecular formula is C22H26F2O3Si. The van der Waals surface area contributed by atoms with Crippen molar-refractivity contribution >= 4 is 24.7 Å². The van der Waals surface area contributed by atoms with Crippen LogP contribution in [0.15, 0.2) is 60.7 Å². The highest BCUT2D eigenvalue weighted by atomic mass is 28.4. The number of hydrogen-bond acceptors (Lipinski definition) is 2. The van der Waals surface area contributed by atoms with Gasteiger partial charge in [0.1, 0.15) is 5.41 Å². The van der Waals surface area contributed by atoms with Crippen molar-refractivity contribution < 1.29 is 23.1 Å². The van der Waals surface area contributed by atoms with Crippen LogP contribution in [0.2, 0.25) is 5.04 Å². The standard InChI is InChI=1S/C22H26F2O3Si/c1-21(2,3)28(17-10-6-4-7-11-17,18-12-8-5-9-13-18)27-16-14-22(15-16,19(23)24)20(25)26/h4-13,16,19H,14-15H2,1-3H3,(H,25,26). The first-order valence-electron chi connectivity index (χ1n) is 9.44. The first-order valence-corrected chi connectivity index (χ1v) is 11.3. The van der Waals surface area contributed by atoms with Crippen molar-refractivity contribution in [1.29, 1.82) is 0 Å². The van der Waals surface area contributed by atoms with Crippen LogP contribution < -0.4 is 10.4 Å². The lowest BCUT2D eigenvalue weighted by molar-refractivity contribution is -0.182. The summed E-state index contributed by atoms with van der Waals surface area (Å²) in [5, 5.41) is 11.2. The molecule has 28 heavy (non-hydrogen) atoms. The fourth-order valence-electron chi connectivity index (χ4n) is 4.22. The first-order chi connectivity index (χ1) is 13.1. The summed E-state index contributed by atoms with van der Waals surface area (Å²) < 4.78 is 33.6. The van der Waals surface area contributed by atoms with Crippen molar-refractivity contribution in [2.75, 3.05) is 0 Å². The smallest absolute Gasteiger partial charge is 0.315 e. The van der Waals surface area contributed by atoms with E-state index in [4.69, 9.17) is 4.43 Å². The quantitative estimate of drug-likeness (QED) is 0.739. The Morgan fingerprint density at radius 2 is 1.46 bits per heavy atom. The molecule has 1 N–H and O–H groups in total. The van der Waals surface area contributed by atoms with Crippen molar-refractivity contribution in [2.24, 2.45) is 5.41 Å². The molecule has 0 unspecified atom stereocenters. The SMILES string of the molecule is CC(C)(C)[Si](OC1CC(C(=O)O)(C(F)F)C1)(c1ccccc1)c1ccccc1. The van der Waals surface area contributed by atoms with Gasteiger partial charge >= 0.3 is 5.97 Å². The molecule has 0 atom stereocenters. The van der Waals surface area contributed by atoms with Gasteiger partial charge in [-0.1, -0.05) is 81.4 Å². The maximum Gasteiger partial charge on any atom is 0.315 e. The zero-order valence-corrected chi connectivity index (χ0v) is 17.4. The second-order valence-corrected chi connectivity index (χ2v) is 12.8. The Hall–Kier alpha value is -2.05. The van der Waals surface area contributed by atoms with Gasteiger partial charge in [-0.2, -0.15) is 0 Å². The molecule has 0 amide bonds. The van der Waals surface area contributed by atoms with E-state index in [0.717, 1.165) is 10.4 Å². The fraction of sp³-hybridized carbons (Fsp3) is 0.409. The minimum Gasteiger partial charge on any atom is -0.481 e. The van der Waals surface area contributed by atoms with Gasteiger partial charge in [0, 0.05) is 6.10 Å². The van der Waals surface area contributed by atoms with E-state index >= 15 is 0 Å². The number of carbonyl (C=O) groups is 1. The molecule has 1 aliphatic rings. The average molecular weight is 405 g/mol. The number of carboxylic acids is 1. The maximum absolute atomic E-state index is 13.4. The van der Waals surface area contributed by atoms with Gasteiger partial charge in [0.05, 0.1) is 0 Å². The zero-order valence-electron chi connectivity index (χ0n) is 16.4. The normalized spacial score (nSPS) is 22.7. The molecular weight excluding hydrogens is 378 g/mol. The van der Waals surface area contributed by atoms with Gasteiger partial charge in [-0.25, -0.2) is 8.78 Å². The molecule has 2 aromatic carbocycles. The van der Waals surface area contributed by atoms with Crippen molar-refractivity contribution in [2.45, 2.75) is 51.2 Å². The molecule has 0 heterocycles. The van der Waals surface area contributed by atoms with Gasteiger partial charge in [-0.15, -0.1) is 0 Å². The van der Waals surface area contributed by atoms with Crippen LogP contribution in [0, 0.1) is 5.41 Å². The lowest BCUT2D eigenvalue weighted by Crippen LogP contribution is -2.69. The molecule has 150 valence electrons. The number of alkyl halides is 2. The van der Waals surface area contributed by atoms with E-state index in [9.17, 15) is 18.7 Å². The van der Waals surface area contributed by atoms with Gasteiger partial charge in [0.15, 0.2) is 0 Å². The highest BCUT2D eigenvalue weighted by Gasteiger charge is 2.61. The number of benzene rings is 2. The topological polar surface area (TPSA) is 46.5 Å². The predicted molar refractivity (Wildman–Crippen MR) is 108 cm³/mol. The molecule has 0 bridgehead atoms. The second kappa shape index (κ2) is 7.41. The number of halogens is 2. The molecule has 3 nitrogen and oxygen atoms in total. The summed E-state index contributed by atoms with van der Waals surface area (Å²) in [6, 6.07) is 19.8. The van der Waals surface area contributed by atoms with Crippen molar-refractivity contribution in [3.05, 3.63) is 60.7 Å². The van der Waals surface area contributed by atoms with E-state index in [2.05, 4.69) is 20.8 Å². The highest BCUT2D eigenvalue weighted by molar-refractivity contribution is 6.99. The number of rotatable bonds is 6. The van der Waals surface area contributed by atoms with Gasteiger partial charge < -0.3 is 9.53 Å². The predicted octanol–water partition coefficient (Wildman–Crippen LogP) is 4.06. The number of aliphatic carboxylic acids is 1. The molecule has 1 saturated carbocycles. The molecule has 0 saturated heterocycles. The van der Waals surface area contributed by atoms with Gasteiger partial charge in [0.25, 0.3) is 14.7 Å². The third-order valence-electron chi connectivity index (χ3n) is 5.79. The molecule has 1 aliphatic carbocycles. The lowest BCUT2D eigenvalue weighted by Gasteiger charge is -2.51. The monoisotopic (exact) mass is 404 g/mol. The highest BCUT2D eigenvalue weighted by Crippen LogP contribution is 2.50. The Morgan fingerprint density at radius 1 is 1.04 bits per heavy atom. The van der Waals surface area contributed by atoms with Crippen LogP contribution in [0.25, 0.3) is 0 Å². The van der Waals surface area contributed by atoms with Crippen LogP contribution >= 0.6 is 0 Å². The summed E-state index contributed by atoms with van der Waals surface area (Å²) in [6.45, 7) is 6.32. The Bertz CT molecular complexity index is 773. The third kappa shape index (κ3) is 3.29. The van der Waals surface area contributed by atoms with Gasteiger partial charge in [-0.3, -0.25) is 4.79 Å². The molecule has 0 radical (unpaired) electrons. The van der Waals surface area contributed by atoms with Crippen molar-refractivity contribution in [3.63, 3.8) is 0 Å². The van der Waals surface area contributed by atoms with Crippen LogP contribution in [-0.4, -0.2) is 31.9 Å². The maximum atomic E-state index is 13.4. The summed E-state index contributed by atoms with van der Waals surface area (Å²) in [6.07, 6.45) is -3.73. The molecule has 2 aromatic rings. The summed E-state index contributed by atoms with van der Waals surface area (Å²) in [7, 11) is -2.85. The Morgan fingerprint density at radius 3 is 1.79 bits per heavy atom. The number of hydrogen-bond donors (Lipinski definition) is 1. The van der Waals surface area contributed by atoms with Crippen LogP contribution in [0.3, 0.4) is 0 Å². The van der Waals surface area contributed by atoms with Crippen LogP contribution in [-0.2, 0) is 9.22 Å². The molecule has 0 aliphatic heterocycles. The second-order valence-electron chi connectivity index (χ2n) is 8.57. The van der Waals surface area contributed by atoms with Crippen LogP contribution in [0.1, 0.15) is 33.6 Å². The largest absolute Gasteiger partial charge is 0.481 e. The minimum absolute atomic E-state index is 0.162. The van der Waals surface area contributed by atoms with Crippen LogP contribution in [0.4, 0.5) is 8.78 Å². The van der Waals surface area contributed by atoms with E-state index in [1.807, 2.05) is 60.7 Å². The van der Waals surface area contributed by atoms with E-state index < -0.39 is 32.2 Å². The van der Waals surface area contributed by atoms with Gasteiger partial charge in [-0.05, 0) is 28.3 Å². The zero-order chi connectivity index (χ0) is 20.6. The summed E-state index contributed by atoms with van der Waals surface area (Å²) >= 11 is 0. The molecule has 0 aromatic heterocycles. The lowest BCUT2D eigenvalue weighted by atomic mass is 9.67. The van der Waals surface area contributed by atoms with Gasteiger partial charge in [0.2, 0.25) is 0 Å². The molecule has 0 spiro atoms. The van der Waals surface area contributed by atoms with E-state index in [1.54, 1.807) is 0 Å². The molecule has 6 heteroatoms. The summed E-state index contributed by atoms with van der Waals surface area (Å²) in [4.78, 5) is 11.5. The van der Waals surface area contributed by atoms with E-state index in [-0.39, 0.29) is 17.9 Å². The Labute approximate surface area is 165 Å². The average Bonchev–Trinajstić information content (AvgIpc) is 2.61. The number of carboxylic acid groups (broad SMARTS) is 1. The van der Waals surface area contributed by atoms with E-state index in [0.29, 0.717) is 0 Å².